The summed E-state index contributed by atoms with van der Waals surface area (Å²) in [5.74, 6) is -0.116. The number of para-hydroxylation sites is 1. The number of carbonyl (C=O) groups is 1. The highest BCUT2D eigenvalue weighted by molar-refractivity contribution is 7.80. The largest absolute Gasteiger partial charge is 0.351 e. The van der Waals surface area contributed by atoms with Crippen molar-refractivity contribution in [2.45, 2.75) is 19.9 Å². The first-order valence-electron chi connectivity index (χ1n) is 8.02. The Morgan fingerprint density at radius 2 is 1.88 bits per heavy atom. The molecule has 0 radical (unpaired) electrons. The number of benzene rings is 2. The molecule has 26 heavy (non-hydrogen) atoms. The van der Waals surface area contributed by atoms with Gasteiger partial charge in [0.2, 0.25) is 0 Å². The van der Waals surface area contributed by atoms with Gasteiger partial charge in [0.1, 0.15) is 0 Å². The summed E-state index contributed by atoms with van der Waals surface area (Å²) in [7, 11) is 0. The second kappa shape index (κ2) is 7.05. The molecule has 3 rings (SSSR count). The van der Waals surface area contributed by atoms with Crippen LogP contribution in [-0.2, 0) is 4.79 Å². The highest BCUT2D eigenvalue weighted by Crippen LogP contribution is 2.34. The Hall–Kier alpha value is -3.06. The van der Waals surface area contributed by atoms with Crippen LogP contribution in [0.4, 0.5) is 11.4 Å². The fraction of sp³-hybridized carbons (Fsp3) is 0.158. The topological polar surface area (TPSA) is 75.5 Å². The lowest BCUT2D eigenvalue weighted by Gasteiger charge is -2.37. The number of Topliss-reactive ketones (excluding diaryl/α,β-unsaturated/α-hetero) is 1. The van der Waals surface area contributed by atoms with Crippen molar-refractivity contribution in [1.29, 1.82) is 0 Å². The standard InChI is InChI=1S/C19H17N3O3S/c1-12-17(13(2)23)18(14-7-6-10-16(11-14)22(24)25)20-19(26)21(12)15-8-4-3-5-9-15/h3-11,18H,1-2H3,(H,20,26)/t18-/m0/s1. The zero-order valence-corrected chi connectivity index (χ0v) is 15.1. The van der Waals surface area contributed by atoms with Crippen molar-refractivity contribution in [1.82, 2.24) is 5.32 Å². The van der Waals surface area contributed by atoms with E-state index in [0.717, 1.165) is 5.69 Å². The van der Waals surface area contributed by atoms with Crippen molar-refractivity contribution in [3.63, 3.8) is 0 Å². The third kappa shape index (κ3) is 3.21. The van der Waals surface area contributed by atoms with Gasteiger partial charge in [0, 0.05) is 29.1 Å². The van der Waals surface area contributed by atoms with Gasteiger partial charge in [-0.2, -0.15) is 0 Å². The summed E-state index contributed by atoms with van der Waals surface area (Å²) in [5, 5.41) is 14.7. The van der Waals surface area contributed by atoms with Crippen molar-refractivity contribution in [3.05, 3.63) is 81.5 Å². The molecule has 0 fully saturated rings. The summed E-state index contributed by atoms with van der Waals surface area (Å²) in [4.78, 5) is 24.8. The van der Waals surface area contributed by atoms with E-state index in [0.29, 0.717) is 21.9 Å². The summed E-state index contributed by atoms with van der Waals surface area (Å²) in [6.45, 7) is 3.32. The molecule has 0 aromatic heterocycles. The van der Waals surface area contributed by atoms with Gasteiger partial charge in [0.25, 0.3) is 5.69 Å². The molecule has 1 heterocycles. The average molecular weight is 367 g/mol. The molecule has 1 N–H and O–H groups in total. The highest BCUT2D eigenvalue weighted by atomic mass is 32.1. The molecule has 7 heteroatoms. The molecule has 0 spiro atoms. The molecular formula is C19H17N3O3S. The normalized spacial score (nSPS) is 17.1. The van der Waals surface area contributed by atoms with E-state index in [1.54, 1.807) is 17.0 Å². The van der Waals surface area contributed by atoms with Crippen LogP contribution >= 0.6 is 12.2 Å². The summed E-state index contributed by atoms with van der Waals surface area (Å²) < 4.78 is 0. The number of anilines is 1. The van der Waals surface area contributed by atoms with Crippen LogP contribution in [-0.4, -0.2) is 15.8 Å². The maximum absolute atomic E-state index is 12.4. The SMILES string of the molecule is CC(=O)C1=C(C)N(c2ccccc2)C(=S)N[C@H]1c1cccc([N+](=O)[O-])c1. The quantitative estimate of drug-likeness (QED) is 0.502. The molecule has 0 amide bonds. The number of allylic oxidation sites excluding steroid dienone is 1. The number of hydrogen-bond acceptors (Lipinski definition) is 4. The first kappa shape index (κ1) is 17.8. The lowest BCUT2D eigenvalue weighted by molar-refractivity contribution is -0.384. The Morgan fingerprint density at radius 3 is 2.50 bits per heavy atom. The molecule has 1 aliphatic heterocycles. The van der Waals surface area contributed by atoms with Gasteiger partial charge in [-0.1, -0.05) is 30.3 Å². The van der Waals surface area contributed by atoms with Gasteiger partial charge in [-0.05, 0) is 43.8 Å². The Labute approximate surface area is 156 Å². The lowest BCUT2D eigenvalue weighted by atomic mass is 9.92. The number of nitro benzene ring substituents is 1. The number of thiocarbonyl (C=S) groups is 1. The number of rotatable bonds is 4. The molecule has 1 aliphatic rings. The zero-order chi connectivity index (χ0) is 18.8. The third-order valence-corrected chi connectivity index (χ3v) is 4.59. The number of nitro groups is 1. The number of carbonyl (C=O) groups excluding carboxylic acids is 1. The maximum Gasteiger partial charge on any atom is 0.269 e. The predicted octanol–water partition coefficient (Wildman–Crippen LogP) is 3.89. The fourth-order valence-corrected chi connectivity index (χ4v) is 3.52. The molecule has 0 aliphatic carbocycles. The van der Waals surface area contributed by atoms with Gasteiger partial charge >= 0.3 is 0 Å². The molecule has 6 nitrogen and oxygen atoms in total. The van der Waals surface area contributed by atoms with E-state index in [4.69, 9.17) is 12.2 Å². The number of nitrogens with zero attached hydrogens (tertiary/aromatic N) is 2. The van der Waals surface area contributed by atoms with Gasteiger partial charge in [-0.3, -0.25) is 19.8 Å². The molecule has 2 aromatic rings. The van der Waals surface area contributed by atoms with E-state index in [1.807, 2.05) is 37.3 Å². The Morgan fingerprint density at radius 1 is 1.19 bits per heavy atom. The fourth-order valence-electron chi connectivity index (χ4n) is 3.16. The maximum atomic E-state index is 12.4. The van der Waals surface area contributed by atoms with Gasteiger partial charge in [0.15, 0.2) is 10.9 Å². The van der Waals surface area contributed by atoms with Gasteiger partial charge < -0.3 is 5.32 Å². The Bertz CT molecular complexity index is 925. The van der Waals surface area contributed by atoms with Crippen LogP contribution in [0.1, 0.15) is 25.5 Å². The second-order valence-electron chi connectivity index (χ2n) is 5.96. The van der Waals surface area contributed by atoms with E-state index in [1.165, 1.54) is 19.1 Å². The minimum Gasteiger partial charge on any atom is -0.351 e. The van der Waals surface area contributed by atoms with Crippen molar-refractivity contribution < 1.29 is 9.72 Å². The monoisotopic (exact) mass is 367 g/mol. The number of hydrogen-bond donors (Lipinski definition) is 1. The van der Waals surface area contributed by atoms with Crippen LogP contribution in [0.3, 0.4) is 0 Å². The first-order valence-corrected chi connectivity index (χ1v) is 8.42. The third-order valence-electron chi connectivity index (χ3n) is 4.29. The molecule has 0 saturated heterocycles. The van der Waals surface area contributed by atoms with Crippen molar-refractivity contribution >= 4 is 34.5 Å². The van der Waals surface area contributed by atoms with Gasteiger partial charge in [-0.15, -0.1) is 0 Å². The minimum atomic E-state index is -0.528. The summed E-state index contributed by atoms with van der Waals surface area (Å²) >= 11 is 5.52. The van der Waals surface area contributed by atoms with Gasteiger partial charge in [0.05, 0.1) is 11.0 Å². The van der Waals surface area contributed by atoms with Crippen molar-refractivity contribution in [3.8, 4) is 0 Å². The van der Waals surface area contributed by atoms with Crippen LogP contribution in [0.15, 0.2) is 65.9 Å². The van der Waals surface area contributed by atoms with Crippen LogP contribution in [0.25, 0.3) is 0 Å². The van der Waals surface area contributed by atoms with Crippen LogP contribution in [0.5, 0.6) is 0 Å². The highest BCUT2D eigenvalue weighted by Gasteiger charge is 2.33. The van der Waals surface area contributed by atoms with Crippen LogP contribution in [0.2, 0.25) is 0 Å². The smallest absolute Gasteiger partial charge is 0.269 e. The predicted molar refractivity (Wildman–Crippen MR) is 104 cm³/mol. The molecule has 0 saturated carbocycles. The van der Waals surface area contributed by atoms with E-state index in [-0.39, 0.29) is 11.5 Å². The Balaban J connectivity index is 2.12. The molecule has 132 valence electrons. The molecular weight excluding hydrogens is 350 g/mol. The van der Waals surface area contributed by atoms with E-state index < -0.39 is 11.0 Å². The van der Waals surface area contributed by atoms with Crippen molar-refractivity contribution in [2.24, 2.45) is 0 Å². The summed E-state index contributed by atoms with van der Waals surface area (Å²) in [6, 6.07) is 15.2. The van der Waals surface area contributed by atoms with E-state index in [2.05, 4.69) is 5.32 Å². The summed E-state index contributed by atoms with van der Waals surface area (Å²) in [6.07, 6.45) is 0. The number of ketones is 1. The zero-order valence-electron chi connectivity index (χ0n) is 14.3. The lowest BCUT2D eigenvalue weighted by Crippen LogP contribution is -2.47. The van der Waals surface area contributed by atoms with Crippen LogP contribution < -0.4 is 10.2 Å². The molecule has 2 aromatic carbocycles. The molecule has 0 bridgehead atoms. The number of non-ortho nitro benzene ring substituents is 1. The number of nitrogens with one attached hydrogen (secondary N) is 1. The van der Waals surface area contributed by atoms with E-state index in [9.17, 15) is 14.9 Å². The van der Waals surface area contributed by atoms with Crippen LogP contribution in [0, 0.1) is 10.1 Å². The average Bonchev–Trinajstić information content (AvgIpc) is 2.61. The summed E-state index contributed by atoms with van der Waals surface area (Å²) in [5.41, 5.74) is 2.69. The molecule has 1 atom stereocenters. The van der Waals surface area contributed by atoms with Crippen molar-refractivity contribution in [2.75, 3.05) is 4.90 Å². The second-order valence-corrected chi connectivity index (χ2v) is 6.35. The molecule has 0 unspecified atom stereocenters. The minimum absolute atomic E-state index is 0.0266. The Kier molecular flexibility index (Phi) is 4.81. The first-order chi connectivity index (χ1) is 12.4. The van der Waals surface area contributed by atoms with E-state index >= 15 is 0 Å². The van der Waals surface area contributed by atoms with Gasteiger partial charge in [-0.25, -0.2) is 0 Å².